The van der Waals surface area contributed by atoms with Crippen LogP contribution in [0.5, 0.6) is 11.5 Å². The first-order valence-electron chi connectivity index (χ1n) is 12.6. The molecule has 0 aliphatic rings. The molecule has 0 fully saturated rings. The van der Waals surface area contributed by atoms with Gasteiger partial charge in [-0.05, 0) is 75.4 Å². The quantitative estimate of drug-likeness (QED) is 0.0960. The van der Waals surface area contributed by atoms with E-state index in [-0.39, 0.29) is 23.7 Å². The SMILES string of the molecule is COC(=O)[C@H](C)Oc1c(/C=N/NC(=O)c2ccc(COc3ccc(-n4c(C)ccc4C)cc3)o2)cc(Br)cc1[N+](=O)[O-]. The Balaban J connectivity index is 1.39. The molecule has 0 radical (unpaired) electrons. The molecule has 1 atom stereocenters. The molecule has 4 rings (SSSR count). The molecule has 2 aromatic carbocycles. The lowest BCUT2D eigenvalue weighted by atomic mass is 10.2. The van der Waals surface area contributed by atoms with Gasteiger partial charge in [0.25, 0.3) is 0 Å². The number of hydrogen-bond acceptors (Lipinski definition) is 9. The van der Waals surface area contributed by atoms with Gasteiger partial charge >= 0.3 is 17.6 Å². The van der Waals surface area contributed by atoms with E-state index in [0.29, 0.717) is 16.0 Å². The Morgan fingerprint density at radius 3 is 2.45 bits per heavy atom. The zero-order chi connectivity index (χ0) is 30.4. The number of furan rings is 1. The number of aryl methyl sites for hydroxylation is 2. The fourth-order valence-electron chi connectivity index (χ4n) is 4.07. The number of nitro groups is 1. The van der Waals surface area contributed by atoms with Gasteiger partial charge in [-0.1, -0.05) is 15.9 Å². The second kappa shape index (κ2) is 13.2. The lowest BCUT2D eigenvalue weighted by molar-refractivity contribution is -0.386. The van der Waals surface area contributed by atoms with Crippen molar-refractivity contribution < 1.29 is 33.1 Å². The van der Waals surface area contributed by atoms with Crippen LogP contribution < -0.4 is 14.9 Å². The smallest absolute Gasteiger partial charge is 0.346 e. The Morgan fingerprint density at radius 1 is 1.12 bits per heavy atom. The average Bonchev–Trinajstić information content (AvgIpc) is 3.58. The van der Waals surface area contributed by atoms with Crippen molar-refractivity contribution in [2.24, 2.45) is 5.10 Å². The molecule has 1 N–H and O–H groups in total. The summed E-state index contributed by atoms with van der Waals surface area (Å²) in [4.78, 5) is 35.3. The Bertz CT molecular complexity index is 1620. The van der Waals surface area contributed by atoms with Crippen LogP contribution in [0.1, 0.15) is 40.2 Å². The highest BCUT2D eigenvalue weighted by atomic mass is 79.9. The Labute approximate surface area is 249 Å². The Morgan fingerprint density at radius 2 is 1.81 bits per heavy atom. The maximum Gasteiger partial charge on any atom is 0.346 e. The number of hydrogen-bond donors (Lipinski definition) is 1. The highest BCUT2D eigenvalue weighted by molar-refractivity contribution is 9.10. The summed E-state index contributed by atoms with van der Waals surface area (Å²) in [5.74, 6) is -0.565. The van der Waals surface area contributed by atoms with Crippen molar-refractivity contribution in [2.75, 3.05) is 7.11 Å². The fourth-order valence-corrected chi connectivity index (χ4v) is 4.53. The molecule has 13 heteroatoms. The summed E-state index contributed by atoms with van der Waals surface area (Å²) in [6.45, 7) is 5.57. The monoisotopic (exact) mass is 638 g/mol. The third-order valence-corrected chi connectivity index (χ3v) is 6.55. The summed E-state index contributed by atoms with van der Waals surface area (Å²) in [5, 5.41) is 15.5. The summed E-state index contributed by atoms with van der Waals surface area (Å²) in [5.41, 5.74) is 5.32. The van der Waals surface area contributed by atoms with Crippen molar-refractivity contribution in [3.8, 4) is 17.2 Å². The van der Waals surface area contributed by atoms with Crippen molar-refractivity contribution in [1.82, 2.24) is 9.99 Å². The van der Waals surface area contributed by atoms with E-state index in [1.165, 1.54) is 32.2 Å². The molecule has 12 nitrogen and oxygen atoms in total. The number of benzene rings is 2. The van der Waals surface area contributed by atoms with Crippen molar-refractivity contribution in [3.63, 3.8) is 0 Å². The second-order valence-corrected chi connectivity index (χ2v) is 10.00. The summed E-state index contributed by atoms with van der Waals surface area (Å²) in [6.07, 6.45) is 0.0218. The minimum absolute atomic E-state index is 0.0179. The standard InChI is InChI=1S/C29H27BrN4O8/c1-17-5-6-18(2)33(17)22-7-9-23(10-8-22)40-16-24-11-12-26(42-24)28(35)32-31-15-20-13-21(30)14-25(34(37)38)27(20)41-19(3)29(36)39-4/h5-15,19H,16H2,1-4H3,(H,32,35)/b31-15+/t19-/m0/s1. The number of carbonyl (C=O) groups excluding carboxylic acids is 2. The second-order valence-electron chi connectivity index (χ2n) is 9.08. The van der Waals surface area contributed by atoms with Gasteiger partial charge in [-0.2, -0.15) is 5.10 Å². The number of rotatable bonds is 11. The summed E-state index contributed by atoms with van der Waals surface area (Å²) >= 11 is 3.21. The van der Waals surface area contributed by atoms with E-state index in [1.54, 1.807) is 6.07 Å². The summed E-state index contributed by atoms with van der Waals surface area (Å²) in [6, 6.07) is 17.5. The number of amides is 1. The number of nitrogens with zero attached hydrogens (tertiary/aromatic N) is 3. The van der Waals surface area contributed by atoms with Gasteiger partial charge in [0.1, 0.15) is 18.1 Å². The highest BCUT2D eigenvalue weighted by Gasteiger charge is 2.25. The van der Waals surface area contributed by atoms with Crippen LogP contribution in [0.15, 0.2) is 74.7 Å². The maximum absolute atomic E-state index is 12.6. The third kappa shape index (κ3) is 7.04. The first-order chi connectivity index (χ1) is 20.1. The number of halogens is 1. The number of carbonyl (C=O) groups is 2. The van der Waals surface area contributed by atoms with Crippen molar-refractivity contribution in [2.45, 2.75) is 33.5 Å². The zero-order valence-electron chi connectivity index (χ0n) is 23.1. The number of nitrogens with one attached hydrogen (secondary N) is 1. The third-order valence-electron chi connectivity index (χ3n) is 6.09. The van der Waals surface area contributed by atoms with Crippen LogP contribution in [0.4, 0.5) is 5.69 Å². The van der Waals surface area contributed by atoms with E-state index < -0.39 is 28.6 Å². The molecule has 0 aliphatic carbocycles. The molecule has 1 amide bonds. The predicted molar refractivity (Wildman–Crippen MR) is 156 cm³/mol. The number of hydrazone groups is 1. The number of methoxy groups -OCH3 is 1. The molecule has 0 aliphatic heterocycles. The summed E-state index contributed by atoms with van der Waals surface area (Å²) < 4.78 is 24.0. The number of aromatic nitrogens is 1. The molecule has 0 saturated heterocycles. The van der Waals surface area contributed by atoms with Crippen LogP contribution in [0.2, 0.25) is 0 Å². The lowest BCUT2D eigenvalue weighted by Crippen LogP contribution is -2.26. The van der Waals surface area contributed by atoms with Crippen molar-refractivity contribution >= 4 is 39.7 Å². The first-order valence-corrected chi connectivity index (χ1v) is 13.4. The lowest BCUT2D eigenvalue weighted by Gasteiger charge is -2.14. The van der Waals surface area contributed by atoms with E-state index in [0.717, 1.165) is 23.3 Å². The molecule has 0 saturated carbocycles. The molecule has 42 heavy (non-hydrogen) atoms. The van der Waals surface area contributed by atoms with Crippen LogP contribution in [-0.4, -0.2) is 40.8 Å². The molecule has 0 bridgehead atoms. The van der Waals surface area contributed by atoms with Gasteiger partial charge in [0.2, 0.25) is 5.75 Å². The minimum atomic E-state index is -1.13. The van der Waals surface area contributed by atoms with Gasteiger partial charge in [0, 0.05) is 33.2 Å². The molecule has 218 valence electrons. The molecule has 0 unspecified atom stereocenters. The van der Waals surface area contributed by atoms with Gasteiger partial charge in [-0.15, -0.1) is 0 Å². The Hall–Kier alpha value is -4.91. The predicted octanol–water partition coefficient (Wildman–Crippen LogP) is 5.64. The molecule has 4 aromatic rings. The van der Waals surface area contributed by atoms with E-state index in [9.17, 15) is 19.7 Å². The van der Waals surface area contributed by atoms with Crippen molar-refractivity contribution in [3.05, 3.63) is 104 Å². The van der Waals surface area contributed by atoms with Crippen LogP contribution in [-0.2, 0) is 16.1 Å². The van der Waals surface area contributed by atoms with E-state index in [1.807, 2.05) is 38.1 Å². The molecule has 2 aromatic heterocycles. The molecule has 0 spiro atoms. The van der Waals surface area contributed by atoms with Gasteiger partial charge in [-0.3, -0.25) is 14.9 Å². The van der Waals surface area contributed by atoms with Gasteiger partial charge in [-0.25, -0.2) is 10.2 Å². The number of esters is 1. The number of ether oxygens (including phenoxy) is 3. The van der Waals surface area contributed by atoms with E-state index in [2.05, 4.69) is 47.9 Å². The molecular formula is C29H27BrN4O8. The van der Waals surface area contributed by atoms with Crippen LogP contribution in [0.25, 0.3) is 5.69 Å². The Kier molecular flexibility index (Phi) is 9.42. The minimum Gasteiger partial charge on any atom is -0.486 e. The van der Waals surface area contributed by atoms with Gasteiger partial charge < -0.3 is 23.2 Å². The van der Waals surface area contributed by atoms with Gasteiger partial charge in [0.15, 0.2) is 11.9 Å². The van der Waals surface area contributed by atoms with Crippen molar-refractivity contribution in [1.29, 1.82) is 0 Å². The average molecular weight is 639 g/mol. The van der Waals surface area contributed by atoms with E-state index in [4.69, 9.17) is 13.9 Å². The maximum atomic E-state index is 12.6. The molecular weight excluding hydrogens is 612 g/mol. The zero-order valence-corrected chi connectivity index (χ0v) is 24.7. The van der Waals surface area contributed by atoms with Crippen LogP contribution in [0.3, 0.4) is 0 Å². The first kappa shape index (κ1) is 30.1. The highest BCUT2D eigenvalue weighted by Crippen LogP contribution is 2.34. The normalized spacial score (nSPS) is 11.7. The largest absolute Gasteiger partial charge is 0.486 e. The van der Waals surface area contributed by atoms with E-state index >= 15 is 0 Å². The number of nitro benzene ring substituents is 1. The topological polar surface area (TPSA) is 147 Å². The summed E-state index contributed by atoms with van der Waals surface area (Å²) in [7, 11) is 1.17. The van der Waals surface area contributed by atoms with Crippen LogP contribution >= 0.6 is 15.9 Å². The fraction of sp³-hybridized carbons (Fsp3) is 0.207. The molecule has 2 heterocycles. The van der Waals surface area contributed by atoms with Crippen LogP contribution in [0, 0.1) is 24.0 Å². The van der Waals surface area contributed by atoms with Gasteiger partial charge in [0.05, 0.1) is 18.2 Å².